The molecule has 8 nitrogen and oxygen atoms in total. The van der Waals surface area contributed by atoms with E-state index in [-0.39, 0.29) is 23.0 Å². The summed E-state index contributed by atoms with van der Waals surface area (Å²) in [7, 11) is -3.61. The Labute approximate surface area is 165 Å². The molecule has 0 radical (unpaired) electrons. The molecule has 0 saturated heterocycles. The maximum atomic E-state index is 12.3. The Hall–Kier alpha value is -2.79. The van der Waals surface area contributed by atoms with E-state index in [0.717, 1.165) is 11.3 Å². The second-order valence-corrected chi connectivity index (χ2v) is 8.73. The van der Waals surface area contributed by atoms with Gasteiger partial charge in [-0.25, -0.2) is 13.1 Å². The average Bonchev–Trinajstić information content (AvgIpc) is 3.18. The Morgan fingerprint density at radius 1 is 1.07 bits per heavy atom. The van der Waals surface area contributed by atoms with E-state index in [9.17, 15) is 18.5 Å². The van der Waals surface area contributed by atoms with E-state index >= 15 is 0 Å². The standard InChI is InChI=1S/C18H17N3O5S2/c19-11-12-20-28(24,25)18-10-9-17(27-18)15-3-1-2-4-16(15)26-14-7-5-13(6-8-14)21(22)23/h1-10,20H,11-12,19H2. The van der Waals surface area contributed by atoms with E-state index in [0.29, 0.717) is 21.9 Å². The van der Waals surface area contributed by atoms with Crippen LogP contribution in [0, 0.1) is 10.1 Å². The number of nitrogens with two attached hydrogens (primary N) is 1. The molecule has 0 aliphatic rings. The lowest BCUT2D eigenvalue weighted by molar-refractivity contribution is -0.384. The van der Waals surface area contributed by atoms with Crippen molar-refractivity contribution in [3.63, 3.8) is 0 Å². The summed E-state index contributed by atoms with van der Waals surface area (Å²) in [5, 5.41) is 10.8. The highest BCUT2D eigenvalue weighted by Gasteiger charge is 2.18. The third-order valence-corrected chi connectivity index (χ3v) is 6.78. The molecule has 0 aliphatic heterocycles. The van der Waals surface area contributed by atoms with Crippen LogP contribution in [-0.2, 0) is 10.0 Å². The zero-order valence-corrected chi connectivity index (χ0v) is 16.2. The summed E-state index contributed by atoms with van der Waals surface area (Å²) in [5.41, 5.74) is 6.04. The summed E-state index contributed by atoms with van der Waals surface area (Å²) in [5.74, 6) is 0.948. The molecular formula is C18H17N3O5S2. The van der Waals surface area contributed by atoms with Gasteiger partial charge in [0.25, 0.3) is 5.69 Å². The number of rotatable bonds is 8. The molecule has 3 rings (SSSR count). The molecule has 0 atom stereocenters. The van der Waals surface area contributed by atoms with Crippen LogP contribution < -0.4 is 15.2 Å². The van der Waals surface area contributed by atoms with Gasteiger partial charge >= 0.3 is 0 Å². The first kappa shape index (κ1) is 20.0. The van der Waals surface area contributed by atoms with Crippen molar-refractivity contribution in [1.82, 2.24) is 4.72 Å². The SMILES string of the molecule is NCCNS(=O)(=O)c1ccc(-c2ccccc2Oc2ccc([N+](=O)[O-])cc2)s1. The smallest absolute Gasteiger partial charge is 0.269 e. The van der Waals surface area contributed by atoms with Crippen LogP contribution in [0.4, 0.5) is 5.69 Å². The number of hydrogen-bond donors (Lipinski definition) is 2. The number of nitro benzene ring substituents is 1. The van der Waals surface area contributed by atoms with Crippen molar-refractivity contribution in [3.8, 4) is 21.9 Å². The topological polar surface area (TPSA) is 125 Å². The number of thiophene rings is 1. The summed E-state index contributed by atoms with van der Waals surface area (Å²) in [6.45, 7) is 0.374. The lowest BCUT2D eigenvalue weighted by Gasteiger charge is -2.10. The van der Waals surface area contributed by atoms with Crippen molar-refractivity contribution in [2.24, 2.45) is 5.73 Å². The van der Waals surface area contributed by atoms with Gasteiger partial charge in [-0.05, 0) is 36.4 Å². The molecule has 1 heterocycles. The van der Waals surface area contributed by atoms with Gasteiger partial charge in [0.15, 0.2) is 0 Å². The zero-order valence-electron chi connectivity index (χ0n) is 14.6. The Bertz CT molecular complexity index is 1080. The van der Waals surface area contributed by atoms with E-state index in [1.54, 1.807) is 18.2 Å². The monoisotopic (exact) mass is 419 g/mol. The van der Waals surface area contributed by atoms with E-state index in [2.05, 4.69) is 4.72 Å². The molecule has 0 amide bonds. The third kappa shape index (κ3) is 4.54. The van der Waals surface area contributed by atoms with Crippen molar-refractivity contribution < 1.29 is 18.1 Å². The Morgan fingerprint density at radius 2 is 1.79 bits per heavy atom. The predicted molar refractivity (Wildman–Crippen MR) is 107 cm³/mol. The summed E-state index contributed by atoms with van der Waals surface area (Å²) in [4.78, 5) is 11.0. The Balaban J connectivity index is 1.88. The van der Waals surface area contributed by atoms with E-state index in [1.807, 2.05) is 12.1 Å². The van der Waals surface area contributed by atoms with Gasteiger partial charge in [-0.1, -0.05) is 12.1 Å². The molecule has 0 spiro atoms. The number of nitro groups is 1. The molecule has 0 unspecified atom stereocenters. The number of ether oxygens (including phenoxy) is 1. The lowest BCUT2D eigenvalue weighted by Crippen LogP contribution is -2.28. The van der Waals surface area contributed by atoms with Crippen LogP contribution in [0.25, 0.3) is 10.4 Å². The molecule has 0 bridgehead atoms. The Kier molecular flexibility index (Phi) is 6.05. The maximum Gasteiger partial charge on any atom is 0.269 e. The van der Waals surface area contributed by atoms with Gasteiger partial charge in [-0.15, -0.1) is 11.3 Å². The second-order valence-electron chi connectivity index (χ2n) is 5.65. The van der Waals surface area contributed by atoms with Crippen LogP contribution in [0.3, 0.4) is 0 Å². The first-order valence-electron chi connectivity index (χ1n) is 8.22. The van der Waals surface area contributed by atoms with Gasteiger partial charge < -0.3 is 10.5 Å². The van der Waals surface area contributed by atoms with Crippen molar-refractivity contribution >= 4 is 27.0 Å². The minimum Gasteiger partial charge on any atom is -0.457 e. The van der Waals surface area contributed by atoms with Crippen LogP contribution in [0.5, 0.6) is 11.5 Å². The number of benzene rings is 2. The quantitative estimate of drug-likeness (QED) is 0.426. The molecule has 0 aliphatic carbocycles. The van der Waals surface area contributed by atoms with Crippen molar-refractivity contribution in [2.75, 3.05) is 13.1 Å². The molecule has 2 aromatic carbocycles. The molecule has 0 fully saturated rings. The highest BCUT2D eigenvalue weighted by atomic mass is 32.2. The number of nitrogens with zero attached hydrogens (tertiary/aromatic N) is 1. The van der Waals surface area contributed by atoms with Gasteiger partial charge in [-0.3, -0.25) is 10.1 Å². The van der Waals surface area contributed by atoms with Crippen LogP contribution >= 0.6 is 11.3 Å². The predicted octanol–water partition coefficient (Wildman–Crippen LogP) is 3.35. The van der Waals surface area contributed by atoms with Crippen molar-refractivity contribution in [1.29, 1.82) is 0 Å². The summed E-state index contributed by atoms with van der Waals surface area (Å²) in [6.07, 6.45) is 0. The largest absolute Gasteiger partial charge is 0.457 e. The number of hydrogen-bond acceptors (Lipinski definition) is 7. The van der Waals surface area contributed by atoms with E-state index in [1.165, 1.54) is 30.3 Å². The lowest BCUT2D eigenvalue weighted by atomic mass is 10.1. The van der Waals surface area contributed by atoms with E-state index < -0.39 is 14.9 Å². The van der Waals surface area contributed by atoms with Gasteiger partial charge in [0, 0.05) is 35.7 Å². The fourth-order valence-electron chi connectivity index (χ4n) is 2.40. The summed E-state index contributed by atoms with van der Waals surface area (Å²) >= 11 is 1.11. The van der Waals surface area contributed by atoms with Crippen molar-refractivity contribution in [3.05, 3.63) is 70.8 Å². The number of para-hydroxylation sites is 1. The third-order valence-electron chi connectivity index (χ3n) is 3.71. The highest BCUT2D eigenvalue weighted by Crippen LogP contribution is 2.38. The molecule has 28 heavy (non-hydrogen) atoms. The van der Waals surface area contributed by atoms with Crippen LogP contribution in [0.1, 0.15) is 0 Å². The molecule has 0 saturated carbocycles. The van der Waals surface area contributed by atoms with Crippen LogP contribution in [0.2, 0.25) is 0 Å². The fraction of sp³-hybridized carbons (Fsp3) is 0.111. The summed E-state index contributed by atoms with van der Waals surface area (Å²) in [6, 6.07) is 16.1. The van der Waals surface area contributed by atoms with Crippen LogP contribution in [-0.4, -0.2) is 26.4 Å². The molecule has 146 valence electrons. The zero-order chi connectivity index (χ0) is 20.1. The molecular weight excluding hydrogens is 402 g/mol. The average molecular weight is 419 g/mol. The molecule has 1 aromatic heterocycles. The second kappa shape index (κ2) is 8.48. The number of nitrogens with one attached hydrogen (secondary N) is 1. The first-order valence-corrected chi connectivity index (χ1v) is 10.5. The number of sulfonamides is 1. The van der Waals surface area contributed by atoms with Crippen LogP contribution in [0.15, 0.2) is 64.9 Å². The highest BCUT2D eigenvalue weighted by molar-refractivity contribution is 7.91. The van der Waals surface area contributed by atoms with Gasteiger partial charge in [0.2, 0.25) is 10.0 Å². The van der Waals surface area contributed by atoms with E-state index in [4.69, 9.17) is 10.5 Å². The summed E-state index contributed by atoms with van der Waals surface area (Å²) < 4.78 is 33.0. The molecule has 3 N–H and O–H groups in total. The van der Waals surface area contributed by atoms with Gasteiger partial charge in [-0.2, -0.15) is 0 Å². The maximum absolute atomic E-state index is 12.3. The minimum absolute atomic E-state index is 0.0290. The minimum atomic E-state index is -3.61. The van der Waals surface area contributed by atoms with Crippen molar-refractivity contribution in [2.45, 2.75) is 4.21 Å². The van der Waals surface area contributed by atoms with Gasteiger partial charge in [0.1, 0.15) is 15.7 Å². The fourth-order valence-corrected chi connectivity index (χ4v) is 4.82. The number of non-ortho nitro benzene ring substituents is 1. The normalized spacial score (nSPS) is 11.3. The Morgan fingerprint density at radius 3 is 2.46 bits per heavy atom. The van der Waals surface area contributed by atoms with Gasteiger partial charge in [0.05, 0.1) is 4.92 Å². The molecule has 10 heteroatoms. The first-order chi connectivity index (χ1) is 13.4. The molecule has 3 aromatic rings.